The maximum absolute atomic E-state index is 9.72. The van der Waals surface area contributed by atoms with Gasteiger partial charge in [0.25, 0.3) is 0 Å². The summed E-state index contributed by atoms with van der Waals surface area (Å²) in [4.78, 5) is 1.90. The van der Waals surface area contributed by atoms with Gasteiger partial charge in [0.1, 0.15) is 0 Å². The minimum absolute atomic E-state index is 0.0250. The first-order chi connectivity index (χ1) is 26.9. The molecule has 9 aromatic carbocycles. The Bertz CT molecular complexity index is 2870. The van der Waals surface area contributed by atoms with E-state index in [2.05, 4.69) is 91.0 Å². The Kier molecular flexibility index (Phi) is 6.84. The number of anilines is 3. The highest BCUT2D eigenvalue weighted by Crippen LogP contribution is 2.40. The predicted molar refractivity (Wildman–Crippen MR) is 218 cm³/mol. The minimum Gasteiger partial charge on any atom is -0.310 e. The van der Waals surface area contributed by atoms with Gasteiger partial charge in [-0.3, -0.25) is 0 Å². The second-order valence-corrected chi connectivity index (χ2v) is 12.7. The highest BCUT2D eigenvalue weighted by Gasteiger charge is 2.15. The summed E-state index contributed by atoms with van der Waals surface area (Å²) in [6.07, 6.45) is 0. The maximum atomic E-state index is 9.72. The summed E-state index contributed by atoms with van der Waals surface area (Å²) in [6.45, 7) is 0. The van der Waals surface area contributed by atoms with Gasteiger partial charge in [-0.25, -0.2) is 0 Å². The zero-order chi connectivity index (χ0) is 37.5. The molecule has 1 nitrogen and oxygen atoms in total. The molecule has 0 amide bonds. The third-order valence-corrected chi connectivity index (χ3v) is 9.49. The Morgan fingerprint density at radius 3 is 1.45 bits per heavy atom. The lowest BCUT2D eigenvalue weighted by Crippen LogP contribution is -2.10. The molecule has 0 spiro atoms. The number of fused-ring (bicyclic) bond motifs is 2. The average molecular weight is 654 g/mol. The van der Waals surface area contributed by atoms with Gasteiger partial charge in [0, 0.05) is 17.1 Å². The van der Waals surface area contributed by atoms with Crippen molar-refractivity contribution < 1.29 is 5.48 Å². The van der Waals surface area contributed by atoms with Crippen LogP contribution in [0.25, 0.3) is 66.1 Å². The molecule has 0 bridgehead atoms. The molecule has 0 unspecified atom stereocenters. The van der Waals surface area contributed by atoms with Crippen LogP contribution in [0, 0.1) is 0 Å². The molecule has 0 atom stereocenters. The van der Waals surface area contributed by atoms with E-state index in [1.54, 1.807) is 0 Å². The van der Waals surface area contributed by atoms with Gasteiger partial charge in [-0.15, -0.1) is 0 Å². The van der Waals surface area contributed by atoms with Crippen LogP contribution in [0.5, 0.6) is 0 Å². The molecule has 0 aliphatic heterocycles. The number of hydrogen-bond acceptors (Lipinski definition) is 1. The topological polar surface area (TPSA) is 3.24 Å². The molecular weight excluding hydrogens is 615 g/mol. The number of benzene rings is 9. The fourth-order valence-corrected chi connectivity index (χ4v) is 6.85. The van der Waals surface area contributed by atoms with Crippen LogP contribution >= 0.6 is 0 Å². The van der Waals surface area contributed by atoms with Crippen molar-refractivity contribution in [3.05, 3.63) is 212 Å². The zero-order valence-corrected chi connectivity index (χ0v) is 27.8. The first-order valence-electron chi connectivity index (χ1n) is 19.2. The molecule has 0 radical (unpaired) electrons. The van der Waals surface area contributed by atoms with Crippen molar-refractivity contribution in [2.24, 2.45) is 0 Å². The zero-order valence-electron chi connectivity index (χ0n) is 31.8. The molecular formula is C50H35N. The van der Waals surface area contributed by atoms with Crippen LogP contribution < -0.4 is 4.90 Å². The maximum Gasteiger partial charge on any atom is 0.0651 e. The summed E-state index contributed by atoms with van der Waals surface area (Å²) < 4.78 is 37.1. The van der Waals surface area contributed by atoms with E-state index in [9.17, 15) is 2.74 Å². The second kappa shape index (κ2) is 13.3. The van der Waals surface area contributed by atoms with Crippen molar-refractivity contribution in [2.75, 3.05) is 4.90 Å². The lowest BCUT2D eigenvalue weighted by Gasteiger charge is -2.27. The standard InChI is InChI=1S/C50H35N/c1-2-11-36(12-3-1)42-17-8-18-43(31-42)39-27-29-48(30-28-39)51(49-21-9-19-44(34-49)46-25-23-37-13-4-6-15-40(37)32-46)50-22-10-20-45(35-50)47-26-24-38-14-5-7-16-41(38)33-47/h1-35H/i9D,19D,21D,34D. The Labute approximate surface area is 305 Å². The fraction of sp³-hybridized carbons (Fsp3) is 0. The molecule has 0 aromatic heterocycles. The highest BCUT2D eigenvalue weighted by atomic mass is 15.1. The van der Waals surface area contributed by atoms with Crippen LogP contribution in [0.2, 0.25) is 0 Å². The normalized spacial score (nSPS) is 12.2. The summed E-state index contributed by atoms with van der Waals surface area (Å²) in [6, 6.07) is 63.1. The summed E-state index contributed by atoms with van der Waals surface area (Å²) in [5, 5.41) is 4.33. The molecule has 9 rings (SSSR count). The third-order valence-electron chi connectivity index (χ3n) is 9.49. The van der Waals surface area contributed by atoms with Gasteiger partial charge in [0.15, 0.2) is 0 Å². The summed E-state index contributed by atoms with van der Waals surface area (Å²) >= 11 is 0. The minimum atomic E-state index is -0.223. The molecule has 0 aliphatic carbocycles. The first-order valence-corrected chi connectivity index (χ1v) is 17.2. The third kappa shape index (κ3) is 6.18. The van der Waals surface area contributed by atoms with E-state index < -0.39 is 0 Å². The quantitative estimate of drug-likeness (QED) is 0.165. The van der Waals surface area contributed by atoms with Crippen molar-refractivity contribution in [2.45, 2.75) is 0 Å². The van der Waals surface area contributed by atoms with E-state index in [0.29, 0.717) is 11.1 Å². The Hall–Kier alpha value is -6.70. The lowest BCUT2D eigenvalue weighted by molar-refractivity contribution is 1.28. The van der Waals surface area contributed by atoms with Gasteiger partial charge in [0.2, 0.25) is 0 Å². The highest BCUT2D eigenvalue weighted by molar-refractivity contribution is 5.90. The van der Waals surface area contributed by atoms with Crippen molar-refractivity contribution in [3.63, 3.8) is 0 Å². The molecule has 240 valence electrons. The van der Waals surface area contributed by atoms with Gasteiger partial charge in [-0.05, 0) is 121 Å². The van der Waals surface area contributed by atoms with Gasteiger partial charge in [-0.1, -0.05) is 158 Å². The van der Waals surface area contributed by atoms with E-state index in [4.69, 9.17) is 2.74 Å². The summed E-state index contributed by atoms with van der Waals surface area (Å²) in [7, 11) is 0. The Morgan fingerprint density at radius 2 is 0.784 bits per heavy atom. The number of rotatable bonds is 7. The Balaban J connectivity index is 1.21. The van der Waals surface area contributed by atoms with Gasteiger partial charge < -0.3 is 4.90 Å². The van der Waals surface area contributed by atoms with Gasteiger partial charge in [0.05, 0.1) is 5.48 Å². The van der Waals surface area contributed by atoms with Crippen LogP contribution in [0.4, 0.5) is 17.1 Å². The fourth-order valence-electron chi connectivity index (χ4n) is 6.85. The van der Waals surface area contributed by atoms with Gasteiger partial charge in [-0.2, -0.15) is 0 Å². The molecule has 0 N–H and O–H groups in total. The molecule has 1 heteroatoms. The van der Waals surface area contributed by atoms with E-state index in [0.717, 1.165) is 66.3 Å². The second-order valence-electron chi connectivity index (χ2n) is 12.7. The van der Waals surface area contributed by atoms with Crippen LogP contribution in [0.15, 0.2) is 212 Å². The summed E-state index contributed by atoms with van der Waals surface area (Å²) in [5.41, 5.74) is 9.14. The SMILES string of the molecule is [2H]c1c([2H])c(-c2ccc3ccccc3c2)c([2H])c(N(c2ccc(-c3cccc(-c4ccccc4)c3)cc2)c2cccc(-c3ccc4ccccc4c3)c2)c1[2H]. The lowest BCUT2D eigenvalue weighted by atomic mass is 9.98. The first kappa shape index (κ1) is 26.2. The molecule has 0 aliphatic rings. The van der Waals surface area contributed by atoms with E-state index in [1.807, 2.05) is 102 Å². The smallest absolute Gasteiger partial charge is 0.0651 e. The van der Waals surface area contributed by atoms with Crippen molar-refractivity contribution >= 4 is 38.6 Å². The molecule has 0 saturated carbocycles. The predicted octanol–water partition coefficient (Wildman–Crippen LogP) is 14.1. The van der Waals surface area contributed by atoms with Crippen molar-refractivity contribution in [1.29, 1.82) is 0 Å². The van der Waals surface area contributed by atoms with Crippen molar-refractivity contribution in [3.8, 4) is 44.5 Å². The summed E-state index contributed by atoms with van der Waals surface area (Å²) in [5.74, 6) is 0. The molecule has 9 aromatic rings. The van der Waals surface area contributed by atoms with E-state index >= 15 is 0 Å². The Morgan fingerprint density at radius 1 is 0.294 bits per heavy atom. The molecule has 51 heavy (non-hydrogen) atoms. The van der Waals surface area contributed by atoms with Crippen LogP contribution in [0.3, 0.4) is 0 Å². The average Bonchev–Trinajstić information content (AvgIpc) is 3.25. The number of hydrogen-bond donors (Lipinski definition) is 0. The molecule has 0 fully saturated rings. The van der Waals surface area contributed by atoms with Gasteiger partial charge >= 0.3 is 0 Å². The molecule has 0 heterocycles. The number of nitrogens with zero attached hydrogens (tertiary/aromatic N) is 1. The van der Waals surface area contributed by atoms with Crippen molar-refractivity contribution in [1.82, 2.24) is 0 Å². The van der Waals surface area contributed by atoms with Crippen LogP contribution in [-0.4, -0.2) is 0 Å². The monoisotopic (exact) mass is 653 g/mol. The van der Waals surface area contributed by atoms with E-state index in [-0.39, 0.29) is 29.9 Å². The van der Waals surface area contributed by atoms with Crippen LogP contribution in [0.1, 0.15) is 5.48 Å². The van der Waals surface area contributed by atoms with Crippen LogP contribution in [-0.2, 0) is 0 Å². The molecule has 0 saturated heterocycles. The van der Waals surface area contributed by atoms with E-state index in [1.165, 1.54) is 0 Å². The largest absolute Gasteiger partial charge is 0.310 e.